The summed E-state index contributed by atoms with van der Waals surface area (Å²) in [6, 6.07) is 8.96. The molecule has 0 atom stereocenters. The Hall–Kier alpha value is -2.26. The van der Waals surface area contributed by atoms with Crippen LogP contribution in [0.3, 0.4) is 0 Å². The minimum atomic E-state index is -3.79. The fourth-order valence-electron chi connectivity index (χ4n) is 2.16. The molecule has 0 saturated heterocycles. The van der Waals surface area contributed by atoms with Gasteiger partial charge in [0.15, 0.2) is 14.9 Å². The van der Waals surface area contributed by atoms with E-state index >= 15 is 0 Å². The zero-order valence-electron chi connectivity index (χ0n) is 12.2. The number of aromatic nitrogens is 2. The van der Waals surface area contributed by atoms with Crippen molar-refractivity contribution in [1.29, 1.82) is 0 Å². The fourth-order valence-corrected chi connectivity index (χ4v) is 3.54. The molecule has 2 heterocycles. The smallest absolute Gasteiger partial charge is 0.251 e. The van der Waals surface area contributed by atoms with Crippen LogP contribution in [-0.2, 0) is 19.7 Å². The zero-order valence-corrected chi connectivity index (χ0v) is 13.8. The van der Waals surface area contributed by atoms with Gasteiger partial charge in [0.2, 0.25) is 15.6 Å². The molecule has 3 aromatic rings. The topological polar surface area (TPSA) is 107 Å². The number of rotatable bonds is 3. The Kier molecular flexibility index (Phi) is 3.49. The maximum Gasteiger partial charge on any atom is 0.251 e. The summed E-state index contributed by atoms with van der Waals surface area (Å²) in [6.45, 7) is 0. The molecule has 0 radical (unpaired) electrons. The summed E-state index contributed by atoms with van der Waals surface area (Å²) in [5.41, 5.74) is 1.12. The molecule has 0 aliphatic rings. The van der Waals surface area contributed by atoms with Gasteiger partial charge in [-0.05, 0) is 5.56 Å². The highest BCUT2D eigenvalue weighted by Gasteiger charge is 2.25. The molecular formula is C14H12N2O5S2. The lowest BCUT2D eigenvalue weighted by Crippen LogP contribution is -2.10. The molecule has 0 amide bonds. The monoisotopic (exact) mass is 352 g/mol. The highest BCUT2D eigenvalue weighted by molar-refractivity contribution is 7.91. The maximum atomic E-state index is 12.1. The first-order valence-corrected chi connectivity index (χ1v) is 10.2. The fraction of sp³-hybridized carbons (Fsp3) is 0.143. The van der Waals surface area contributed by atoms with Crippen molar-refractivity contribution in [3.8, 4) is 11.1 Å². The van der Waals surface area contributed by atoms with Crippen molar-refractivity contribution in [2.45, 2.75) is 10.2 Å². The molecule has 2 aromatic heterocycles. The van der Waals surface area contributed by atoms with Gasteiger partial charge in [-0.15, -0.1) is 0 Å². The van der Waals surface area contributed by atoms with Gasteiger partial charge in [-0.1, -0.05) is 30.3 Å². The van der Waals surface area contributed by atoms with Gasteiger partial charge in [0.05, 0.1) is 5.39 Å². The van der Waals surface area contributed by atoms with Gasteiger partial charge in [-0.2, -0.15) is 4.98 Å². The van der Waals surface area contributed by atoms with E-state index in [0.717, 1.165) is 12.5 Å². The van der Waals surface area contributed by atoms with Gasteiger partial charge in [-0.3, -0.25) is 0 Å². The Balaban J connectivity index is 2.45. The quantitative estimate of drug-likeness (QED) is 0.521. The molecule has 0 saturated carbocycles. The van der Waals surface area contributed by atoms with Crippen molar-refractivity contribution >= 4 is 30.8 Å². The van der Waals surface area contributed by atoms with Crippen molar-refractivity contribution in [2.24, 2.45) is 0 Å². The highest BCUT2D eigenvalue weighted by atomic mass is 32.2. The van der Waals surface area contributed by atoms with Crippen LogP contribution in [0.15, 0.2) is 51.2 Å². The number of fused-ring (bicyclic) bond motifs is 1. The molecule has 0 aliphatic carbocycles. The normalized spacial score (nSPS) is 12.6. The van der Waals surface area contributed by atoms with Crippen molar-refractivity contribution in [1.82, 2.24) is 9.97 Å². The Morgan fingerprint density at radius 3 is 2.13 bits per heavy atom. The van der Waals surface area contributed by atoms with Gasteiger partial charge >= 0.3 is 0 Å². The van der Waals surface area contributed by atoms with E-state index in [0.29, 0.717) is 11.1 Å². The molecule has 0 bridgehead atoms. The van der Waals surface area contributed by atoms with E-state index in [9.17, 15) is 16.8 Å². The number of sulfone groups is 2. The van der Waals surface area contributed by atoms with Crippen LogP contribution in [0, 0.1) is 0 Å². The Bertz CT molecular complexity index is 1100. The predicted octanol–water partition coefficient (Wildman–Crippen LogP) is 1.70. The molecule has 0 fully saturated rings. The largest absolute Gasteiger partial charge is 0.445 e. The number of benzene rings is 1. The summed E-state index contributed by atoms with van der Waals surface area (Å²) in [5, 5.41) is -0.777. The summed E-state index contributed by atoms with van der Waals surface area (Å²) >= 11 is 0. The molecule has 0 unspecified atom stereocenters. The van der Waals surface area contributed by atoms with Crippen LogP contribution in [0.1, 0.15) is 0 Å². The summed E-state index contributed by atoms with van der Waals surface area (Å²) in [5.74, 6) is 0. The second-order valence-corrected chi connectivity index (χ2v) is 8.89. The summed E-state index contributed by atoms with van der Waals surface area (Å²) in [6.07, 6.45) is 3.21. The average molecular weight is 352 g/mol. The molecule has 1 aromatic carbocycles. The first kappa shape index (κ1) is 15.6. The van der Waals surface area contributed by atoms with Crippen LogP contribution >= 0.6 is 0 Å². The van der Waals surface area contributed by atoms with Crippen LogP contribution in [0.5, 0.6) is 0 Å². The van der Waals surface area contributed by atoms with E-state index in [-0.39, 0.29) is 16.1 Å². The third-order valence-electron chi connectivity index (χ3n) is 3.15. The molecule has 9 heteroatoms. The molecule has 0 spiro atoms. The highest BCUT2D eigenvalue weighted by Crippen LogP contribution is 2.33. The molecule has 23 heavy (non-hydrogen) atoms. The minimum absolute atomic E-state index is 0.0836. The van der Waals surface area contributed by atoms with Crippen molar-refractivity contribution in [2.75, 3.05) is 12.5 Å². The number of nitrogens with zero attached hydrogens (tertiary/aromatic N) is 2. The average Bonchev–Trinajstić information content (AvgIpc) is 2.89. The molecule has 7 nitrogen and oxygen atoms in total. The van der Waals surface area contributed by atoms with Gasteiger partial charge in [0.1, 0.15) is 6.26 Å². The van der Waals surface area contributed by atoms with Crippen LogP contribution in [0.2, 0.25) is 0 Å². The minimum Gasteiger partial charge on any atom is -0.445 e. The van der Waals surface area contributed by atoms with Gasteiger partial charge < -0.3 is 4.42 Å². The van der Waals surface area contributed by atoms with Crippen LogP contribution in [0.25, 0.3) is 22.2 Å². The Morgan fingerprint density at radius 1 is 0.913 bits per heavy atom. The van der Waals surface area contributed by atoms with Crippen molar-refractivity contribution in [3.05, 3.63) is 36.6 Å². The first-order chi connectivity index (χ1) is 10.7. The predicted molar refractivity (Wildman–Crippen MR) is 83.5 cm³/mol. The standard InChI is InChI=1S/C14H12N2O5S2/c1-22(17,18)13-11-10(9-6-4-3-5-7-9)8-21-12(11)15-14(16-13)23(2,19)20/h3-8H,1-2H3. The lowest BCUT2D eigenvalue weighted by molar-refractivity contribution is 0.572. The van der Waals surface area contributed by atoms with Crippen LogP contribution in [-0.4, -0.2) is 39.3 Å². The summed E-state index contributed by atoms with van der Waals surface area (Å²) < 4.78 is 52.8. The van der Waals surface area contributed by atoms with Crippen molar-refractivity contribution in [3.63, 3.8) is 0 Å². The molecular weight excluding hydrogens is 340 g/mol. The van der Waals surface area contributed by atoms with Crippen molar-refractivity contribution < 1.29 is 21.3 Å². The van der Waals surface area contributed by atoms with Crippen LogP contribution in [0.4, 0.5) is 0 Å². The molecule has 0 aliphatic heterocycles. The van der Waals surface area contributed by atoms with Gasteiger partial charge in [0.25, 0.3) is 5.16 Å². The van der Waals surface area contributed by atoms with E-state index in [1.807, 2.05) is 6.07 Å². The maximum absolute atomic E-state index is 12.1. The number of hydrogen-bond acceptors (Lipinski definition) is 7. The van der Waals surface area contributed by atoms with E-state index in [2.05, 4.69) is 9.97 Å². The third kappa shape index (κ3) is 2.84. The zero-order chi connectivity index (χ0) is 16.8. The number of hydrogen-bond donors (Lipinski definition) is 0. The Morgan fingerprint density at radius 2 is 1.57 bits per heavy atom. The SMILES string of the molecule is CS(=O)(=O)c1nc(S(C)(=O)=O)c2c(-c3ccccc3)coc2n1. The lowest BCUT2D eigenvalue weighted by Gasteiger charge is -2.04. The van der Waals surface area contributed by atoms with Gasteiger partial charge in [0, 0.05) is 18.1 Å². The first-order valence-electron chi connectivity index (χ1n) is 6.43. The second-order valence-electron chi connectivity index (χ2n) is 5.05. The van der Waals surface area contributed by atoms with E-state index in [1.54, 1.807) is 24.3 Å². The Labute approximate surface area is 132 Å². The second kappa shape index (κ2) is 5.14. The molecule has 120 valence electrons. The van der Waals surface area contributed by atoms with E-state index < -0.39 is 24.8 Å². The number of furan rings is 1. The van der Waals surface area contributed by atoms with E-state index in [4.69, 9.17) is 4.42 Å². The van der Waals surface area contributed by atoms with Crippen LogP contribution < -0.4 is 0 Å². The summed E-state index contributed by atoms with van der Waals surface area (Å²) in [7, 11) is -7.57. The van der Waals surface area contributed by atoms with E-state index in [1.165, 1.54) is 6.26 Å². The molecule has 3 rings (SSSR count). The third-order valence-corrected chi connectivity index (χ3v) is 4.99. The van der Waals surface area contributed by atoms with Gasteiger partial charge in [-0.25, -0.2) is 21.8 Å². The summed E-state index contributed by atoms with van der Waals surface area (Å²) in [4.78, 5) is 7.59. The lowest BCUT2D eigenvalue weighted by atomic mass is 10.1. The molecule has 0 N–H and O–H groups in total.